The number of aromatic nitrogens is 4. The molecule has 0 radical (unpaired) electrons. The fourth-order valence-corrected chi connectivity index (χ4v) is 7.98. The topological polar surface area (TPSA) is 91.2 Å². The molecule has 2 heterocycles. The first kappa shape index (κ1) is 34.1. The molecular weight excluding hydrogens is 573 g/mol. The molecule has 1 N–H and O–H groups in total. The van der Waals surface area contributed by atoms with Gasteiger partial charge in [-0.15, -0.1) is 12.6 Å². The maximum atomic E-state index is 12.5. The molecule has 0 aliphatic rings. The van der Waals surface area contributed by atoms with Crippen LogP contribution in [0.15, 0.2) is 22.2 Å². The van der Waals surface area contributed by atoms with E-state index >= 15 is 0 Å². The lowest BCUT2D eigenvalue weighted by Crippen LogP contribution is -2.30. The smallest absolute Gasteiger partial charge is 0.331 e. The average Bonchev–Trinajstić information content (AvgIpc) is 3.27. The molecule has 2 atom stereocenters. The molecule has 8 nitrogen and oxygen atoms in total. The highest BCUT2D eigenvalue weighted by Crippen LogP contribution is 2.28. The molecule has 0 bridgehead atoms. The van der Waals surface area contributed by atoms with Gasteiger partial charge in [0.05, 0.1) is 11.2 Å². The second-order valence-electron chi connectivity index (χ2n) is 11.9. The molecule has 12 heteroatoms. The second kappa shape index (κ2) is 15.2. The van der Waals surface area contributed by atoms with Crippen LogP contribution in [0.4, 0.5) is 0 Å². The van der Waals surface area contributed by atoms with Crippen molar-refractivity contribution in [3.63, 3.8) is 0 Å². The van der Waals surface area contributed by atoms with Crippen molar-refractivity contribution in [2.45, 2.75) is 105 Å². The number of nitrogens with zero attached hydrogens (tertiary/aromatic N) is 4. The highest BCUT2D eigenvalue weighted by atomic mass is 32.2. The highest BCUT2D eigenvalue weighted by molar-refractivity contribution is 7.85. The Morgan fingerprint density at radius 3 is 1.72 bits per heavy atom. The minimum Gasteiger partial charge on any atom is -0.493 e. The largest absolute Gasteiger partial charge is 0.493 e. The zero-order valence-corrected chi connectivity index (χ0v) is 27.8. The molecule has 2 aromatic heterocycles. The summed E-state index contributed by atoms with van der Waals surface area (Å²) in [6.07, 6.45) is 7.54. The third-order valence-corrected chi connectivity index (χ3v) is 10.9. The lowest BCUT2D eigenvalue weighted by atomic mass is 9.88. The van der Waals surface area contributed by atoms with E-state index in [-0.39, 0.29) is 22.4 Å². The van der Waals surface area contributed by atoms with Crippen molar-refractivity contribution in [2.75, 3.05) is 23.0 Å². The summed E-state index contributed by atoms with van der Waals surface area (Å²) in [5, 5.41) is 11.0. The molecule has 0 amide bonds. The molecule has 0 aliphatic carbocycles. The standard InChI is InChI=1S/C27H48N4O4S4/c1-7-28-18-22(32)30(24(28)33)20-26(3,4)12-9-14-38(34)16-11-17-39(35)15-10-13-27(5,6)21-31-23(36)19-29(8-2)25(31)37/h18-19,32,36H,7-17,20-21H2,1-6H3. The summed E-state index contributed by atoms with van der Waals surface area (Å²) in [6.45, 7) is 15.0. The molecule has 0 saturated heterocycles. The molecular formula is C27H48N4O4S4. The zero-order chi connectivity index (χ0) is 29.4. The highest BCUT2D eigenvalue weighted by Gasteiger charge is 2.23. The Hall–Kier alpha value is -1.11. The summed E-state index contributed by atoms with van der Waals surface area (Å²) in [4.78, 5) is 12.4. The van der Waals surface area contributed by atoms with Gasteiger partial charge in [-0.3, -0.25) is 17.6 Å². The predicted molar refractivity (Wildman–Crippen MR) is 169 cm³/mol. The van der Waals surface area contributed by atoms with Gasteiger partial charge in [-0.2, -0.15) is 0 Å². The van der Waals surface area contributed by atoms with Gasteiger partial charge >= 0.3 is 5.69 Å². The van der Waals surface area contributed by atoms with Gasteiger partial charge in [-0.05, 0) is 69.0 Å². The van der Waals surface area contributed by atoms with Crippen molar-refractivity contribution in [3.05, 3.63) is 27.6 Å². The Balaban J connectivity index is 1.66. The van der Waals surface area contributed by atoms with Crippen LogP contribution in [0.3, 0.4) is 0 Å². The number of thiol groups is 1. The molecule has 0 spiro atoms. The number of hydrogen-bond donors (Lipinski definition) is 2. The maximum Gasteiger partial charge on any atom is 0.331 e. The van der Waals surface area contributed by atoms with Gasteiger partial charge < -0.3 is 14.2 Å². The summed E-state index contributed by atoms with van der Waals surface area (Å²) >= 11 is 10.1. The quantitative estimate of drug-likeness (QED) is 0.176. The van der Waals surface area contributed by atoms with Crippen LogP contribution in [-0.4, -0.2) is 54.8 Å². The van der Waals surface area contributed by atoms with Crippen LogP contribution in [0.1, 0.15) is 73.6 Å². The van der Waals surface area contributed by atoms with Crippen LogP contribution in [0, 0.1) is 15.6 Å². The SMILES string of the molecule is CCn1cc(O)n(CC(C)(C)CCCS(=O)CCCS(=O)CCCC(C)(C)Cn2c(S)cn(CC)c2=S)c1=O. The lowest BCUT2D eigenvalue weighted by molar-refractivity contribution is 0.259. The molecule has 2 unspecified atom stereocenters. The number of aromatic hydroxyl groups is 1. The van der Waals surface area contributed by atoms with Gasteiger partial charge in [0.25, 0.3) is 0 Å². The van der Waals surface area contributed by atoms with Crippen LogP contribution >= 0.6 is 24.8 Å². The predicted octanol–water partition coefficient (Wildman–Crippen LogP) is 5.22. The Morgan fingerprint density at radius 2 is 1.28 bits per heavy atom. The molecule has 0 aromatic carbocycles. The van der Waals surface area contributed by atoms with Gasteiger partial charge in [0.15, 0.2) is 4.77 Å². The van der Waals surface area contributed by atoms with E-state index in [4.69, 9.17) is 12.2 Å². The van der Waals surface area contributed by atoms with E-state index in [9.17, 15) is 18.3 Å². The van der Waals surface area contributed by atoms with Crippen LogP contribution in [0.2, 0.25) is 0 Å². The fourth-order valence-electron chi connectivity index (χ4n) is 4.81. The van der Waals surface area contributed by atoms with Crippen LogP contribution < -0.4 is 5.69 Å². The third-order valence-electron chi connectivity index (χ3n) is 7.10. The van der Waals surface area contributed by atoms with Gasteiger partial charge in [0.1, 0.15) is 0 Å². The van der Waals surface area contributed by atoms with Crippen LogP contribution in [-0.2, 0) is 47.8 Å². The minimum absolute atomic E-state index is 0.0155. The van der Waals surface area contributed by atoms with Crippen LogP contribution in [0.5, 0.6) is 5.88 Å². The van der Waals surface area contributed by atoms with Crippen molar-refractivity contribution in [2.24, 2.45) is 10.8 Å². The molecule has 224 valence electrons. The first-order chi connectivity index (χ1) is 18.2. The maximum absolute atomic E-state index is 12.5. The summed E-state index contributed by atoms with van der Waals surface area (Å²) in [6, 6.07) is 0. The van der Waals surface area contributed by atoms with Crippen molar-refractivity contribution in [3.8, 4) is 5.88 Å². The lowest BCUT2D eigenvalue weighted by Gasteiger charge is -2.25. The van der Waals surface area contributed by atoms with Crippen molar-refractivity contribution in [1.29, 1.82) is 0 Å². The minimum atomic E-state index is -0.948. The average molecular weight is 621 g/mol. The summed E-state index contributed by atoms with van der Waals surface area (Å²) in [5.74, 6) is 2.38. The molecule has 2 aromatic rings. The van der Waals surface area contributed by atoms with E-state index in [1.165, 1.54) is 15.3 Å². The Morgan fingerprint density at radius 1 is 0.821 bits per heavy atom. The fraction of sp³-hybridized carbons (Fsp3) is 0.778. The van der Waals surface area contributed by atoms with Crippen LogP contribution in [0.25, 0.3) is 0 Å². The van der Waals surface area contributed by atoms with E-state index < -0.39 is 21.6 Å². The summed E-state index contributed by atoms with van der Waals surface area (Å²) in [7, 11) is -1.86. The van der Waals surface area contributed by atoms with Gasteiger partial charge in [0, 0.05) is 77.0 Å². The van der Waals surface area contributed by atoms with Crippen molar-refractivity contribution < 1.29 is 13.5 Å². The van der Waals surface area contributed by atoms with E-state index in [0.29, 0.717) is 42.5 Å². The first-order valence-corrected chi connectivity index (χ1v) is 17.7. The summed E-state index contributed by atoms with van der Waals surface area (Å²) in [5.41, 5.74) is -0.395. The monoisotopic (exact) mass is 620 g/mol. The molecule has 0 saturated carbocycles. The molecule has 0 fully saturated rings. The van der Waals surface area contributed by atoms with Gasteiger partial charge in [-0.25, -0.2) is 4.79 Å². The zero-order valence-electron chi connectivity index (χ0n) is 24.5. The number of imidazole rings is 2. The van der Waals surface area contributed by atoms with E-state index in [0.717, 1.165) is 48.6 Å². The molecule has 0 aliphatic heterocycles. The van der Waals surface area contributed by atoms with Crippen molar-refractivity contribution in [1.82, 2.24) is 18.3 Å². The normalized spacial score (nSPS) is 14.1. The number of hydrogen-bond acceptors (Lipinski definition) is 6. The molecule has 2 rings (SSSR count). The van der Waals surface area contributed by atoms with E-state index in [1.54, 1.807) is 0 Å². The van der Waals surface area contributed by atoms with Gasteiger partial charge in [-0.1, -0.05) is 27.7 Å². The Labute approximate surface area is 249 Å². The summed E-state index contributed by atoms with van der Waals surface area (Å²) < 4.78 is 32.8. The van der Waals surface area contributed by atoms with E-state index in [2.05, 4.69) is 51.8 Å². The van der Waals surface area contributed by atoms with Crippen molar-refractivity contribution >= 4 is 46.4 Å². The second-order valence-corrected chi connectivity index (χ2v) is 16.1. The first-order valence-electron chi connectivity index (χ1n) is 13.9. The number of rotatable bonds is 18. The Kier molecular flexibility index (Phi) is 13.3. The molecule has 39 heavy (non-hydrogen) atoms. The van der Waals surface area contributed by atoms with E-state index in [1.807, 2.05) is 17.7 Å². The Bertz CT molecular complexity index is 1150. The number of aryl methyl sites for hydroxylation is 2. The third kappa shape index (κ3) is 10.7. The van der Waals surface area contributed by atoms with Gasteiger partial charge in [0.2, 0.25) is 5.88 Å².